The Morgan fingerprint density at radius 3 is 2.54 bits per heavy atom. The Morgan fingerprint density at radius 2 is 1.83 bits per heavy atom. The molecule has 1 aromatic carbocycles. The van der Waals surface area contributed by atoms with Gasteiger partial charge >= 0.3 is 0 Å². The second kappa shape index (κ2) is 6.53. The maximum Gasteiger partial charge on any atom is 0.272 e. The van der Waals surface area contributed by atoms with Crippen LogP contribution < -0.4 is 10.6 Å². The van der Waals surface area contributed by atoms with Crippen molar-refractivity contribution in [3.63, 3.8) is 0 Å². The number of rotatable bonds is 5. The molecule has 24 heavy (non-hydrogen) atoms. The number of benzene rings is 1. The summed E-state index contributed by atoms with van der Waals surface area (Å²) < 4.78 is 4.96. The normalized spacial score (nSPS) is 10.8. The second-order valence-corrected chi connectivity index (χ2v) is 5.33. The fourth-order valence-electron chi connectivity index (χ4n) is 2.47. The minimum atomic E-state index is -0.293. The van der Waals surface area contributed by atoms with Gasteiger partial charge in [0.1, 0.15) is 11.3 Å². The van der Waals surface area contributed by atoms with Crippen LogP contribution >= 0.6 is 0 Å². The number of amides is 2. The number of aromatic amines is 1. The monoisotopic (exact) mass is 327 g/mol. The molecule has 3 N–H and O–H groups in total. The molecule has 0 saturated heterocycles. The Hall–Kier alpha value is -3.16. The van der Waals surface area contributed by atoms with Crippen LogP contribution in [0.1, 0.15) is 32.3 Å². The van der Waals surface area contributed by atoms with Gasteiger partial charge in [-0.3, -0.25) is 14.7 Å². The van der Waals surface area contributed by atoms with Gasteiger partial charge in [-0.2, -0.15) is 5.10 Å². The third kappa shape index (κ3) is 2.98. The van der Waals surface area contributed by atoms with E-state index in [1.807, 2.05) is 24.3 Å². The summed E-state index contributed by atoms with van der Waals surface area (Å²) in [6.45, 7) is 3.96. The molecule has 3 aromatic rings. The van der Waals surface area contributed by atoms with E-state index in [4.69, 9.17) is 4.52 Å². The SMILES string of the molecule is Cc1noc(C)c1C(=O)NCCNC(=O)c1n[nH]c2ccccc12. The van der Waals surface area contributed by atoms with Gasteiger partial charge in [0.25, 0.3) is 11.8 Å². The lowest BCUT2D eigenvalue weighted by Gasteiger charge is -2.06. The molecule has 2 heterocycles. The topological polar surface area (TPSA) is 113 Å². The van der Waals surface area contributed by atoms with Crippen molar-refractivity contribution in [3.05, 3.63) is 47.0 Å². The van der Waals surface area contributed by atoms with E-state index in [-0.39, 0.29) is 24.9 Å². The number of aryl methyl sites for hydroxylation is 2. The number of carbonyl (C=O) groups excluding carboxylic acids is 2. The fourth-order valence-corrected chi connectivity index (χ4v) is 2.47. The molecule has 0 unspecified atom stereocenters. The van der Waals surface area contributed by atoms with Gasteiger partial charge in [0.2, 0.25) is 0 Å². The molecule has 8 nitrogen and oxygen atoms in total. The van der Waals surface area contributed by atoms with Gasteiger partial charge in [0.05, 0.1) is 11.2 Å². The van der Waals surface area contributed by atoms with Crippen LogP contribution in [-0.4, -0.2) is 40.3 Å². The average Bonchev–Trinajstić information content (AvgIpc) is 3.14. The standard InChI is InChI=1S/C16H17N5O3/c1-9-13(10(2)24-21-9)15(22)17-7-8-18-16(23)14-11-5-3-4-6-12(11)19-20-14/h3-6H,7-8H2,1-2H3,(H,17,22)(H,18,23)(H,19,20). The molecule has 0 fully saturated rings. The number of hydrogen-bond donors (Lipinski definition) is 3. The lowest BCUT2D eigenvalue weighted by atomic mass is 10.2. The molecule has 0 aliphatic carbocycles. The first-order chi connectivity index (χ1) is 11.6. The zero-order valence-corrected chi connectivity index (χ0v) is 13.3. The van der Waals surface area contributed by atoms with E-state index in [2.05, 4.69) is 26.0 Å². The maximum atomic E-state index is 12.2. The van der Waals surface area contributed by atoms with Gasteiger partial charge in [-0.25, -0.2) is 0 Å². The van der Waals surface area contributed by atoms with Crippen LogP contribution in [0.3, 0.4) is 0 Å². The Kier molecular flexibility index (Phi) is 4.28. The molecular weight excluding hydrogens is 310 g/mol. The van der Waals surface area contributed by atoms with Gasteiger partial charge in [-0.05, 0) is 19.9 Å². The van der Waals surface area contributed by atoms with Crippen LogP contribution in [0.4, 0.5) is 0 Å². The van der Waals surface area contributed by atoms with Gasteiger partial charge in [0, 0.05) is 18.5 Å². The van der Waals surface area contributed by atoms with E-state index < -0.39 is 0 Å². The van der Waals surface area contributed by atoms with Crippen molar-refractivity contribution in [2.45, 2.75) is 13.8 Å². The molecule has 3 rings (SSSR count). The Balaban J connectivity index is 1.53. The Morgan fingerprint density at radius 1 is 1.12 bits per heavy atom. The van der Waals surface area contributed by atoms with Crippen LogP contribution in [0.25, 0.3) is 10.9 Å². The second-order valence-electron chi connectivity index (χ2n) is 5.33. The molecule has 0 aliphatic heterocycles. The largest absolute Gasteiger partial charge is 0.361 e. The number of nitrogens with zero attached hydrogens (tertiary/aromatic N) is 2. The summed E-state index contributed by atoms with van der Waals surface area (Å²) in [7, 11) is 0. The average molecular weight is 327 g/mol. The number of nitrogens with one attached hydrogen (secondary N) is 3. The smallest absolute Gasteiger partial charge is 0.272 e. The summed E-state index contributed by atoms with van der Waals surface area (Å²) in [6.07, 6.45) is 0. The summed E-state index contributed by atoms with van der Waals surface area (Å²) in [5.41, 5.74) is 2.11. The number of fused-ring (bicyclic) bond motifs is 1. The minimum Gasteiger partial charge on any atom is -0.361 e. The van der Waals surface area contributed by atoms with Gasteiger partial charge < -0.3 is 15.2 Å². The highest BCUT2D eigenvalue weighted by Gasteiger charge is 2.17. The maximum absolute atomic E-state index is 12.2. The Labute approximate surface area is 137 Å². The van der Waals surface area contributed by atoms with Gasteiger partial charge in [-0.1, -0.05) is 23.4 Å². The highest BCUT2D eigenvalue weighted by Crippen LogP contribution is 2.14. The molecule has 0 saturated carbocycles. The number of carbonyl (C=O) groups is 2. The van der Waals surface area contributed by atoms with Crippen molar-refractivity contribution in [2.75, 3.05) is 13.1 Å². The van der Waals surface area contributed by atoms with Crippen molar-refractivity contribution in [1.82, 2.24) is 26.0 Å². The van der Waals surface area contributed by atoms with E-state index in [9.17, 15) is 9.59 Å². The van der Waals surface area contributed by atoms with Crippen molar-refractivity contribution in [1.29, 1.82) is 0 Å². The number of H-pyrrole nitrogens is 1. The fraction of sp³-hybridized carbons (Fsp3) is 0.250. The van der Waals surface area contributed by atoms with Crippen LogP contribution in [0.2, 0.25) is 0 Å². The minimum absolute atomic E-state index is 0.272. The summed E-state index contributed by atoms with van der Waals surface area (Å²) >= 11 is 0. The predicted octanol–water partition coefficient (Wildman–Crippen LogP) is 1.33. The van der Waals surface area contributed by atoms with Crippen molar-refractivity contribution in [3.8, 4) is 0 Å². The first-order valence-electron chi connectivity index (χ1n) is 7.50. The van der Waals surface area contributed by atoms with Crippen LogP contribution in [-0.2, 0) is 0 Å². The molecule has 0 aliphatic rings. The van der Waals surface area contributed by atoms with E-state index in [1.165, 1.54) is 0 Å². The summed E-state index contributed by atoms with van der Waals surface area (Å²) in [5.74, 6) is -0.0956. The molecule has 0 spiro atoms. The molecule has 0 radical (unpaired) electrons. The van der Waals surface area contributed by atoms with E-state index in [0.717, 1.165) is 10.9 Å². The molecule has 2 aromatic heterocycles. The third-order valence-electron chi connectivity index (χ3n) is 3.64. The molecule has 8 heteroatoms. The number of hydrogen-bond acceptors (Lipinski definition) is 5. The zero-order valence-electron chi connectivity index (χ0n) is 13.3. The predicted molar refractivity (Wildman–Crippen MR) is 86.7 cm³/mol. The summed E-state index contributed by atoms with van der Waals surface area (Å²) in [4.78, 5) is 24.2. The van der Waals surface area contributed by atoms with Crippen molar-refractivity contribution < 1.29 is 14.1 Å². The lowest BCUT2D eigenvalue weighted by Crippen LogP contribution is -2.35. The molecule has 0 atom stereocenters. The third-order valence-corrected chi connectivity index (χ3v) is 3.64. The number of aromatic nitrogens is 3. The van der Waals surface area contributed by atoms with E-state index in [1.54, 1.807) is 13.8 Å². The van der Waals surface area contributed by atoms with Crippen LogP contribution in [0.15, 0.2) is 28.8 Å². The van der Waals surface area contributed by atoms with Crippen molar-refractivity contribution >= 4 is 22.7 Å². The molecule has 124 valence electrons. The Bertz CT molecular complexity index is 877. The summed E-state index contributed by atoms with van der Waals surface area (Å²) in [5, 5.41) is 16.8. The van der Waals surface area contributed by atoms with E-state index in [0.29, 0.717) is 22.7 Å². The first kappa shape index (κ1) is 15.7. The molecule has 0 bridgehead atoms. The van der Waals surface area contributed by atoms with Crippen LogP contribution in [0, 0.1) is 13.8 Å². The first-order valence-corrected chi connectivity index (χ1v) is 7.50. The van der Waals surface area contributed by atoms with Gasteiger partial charge in [-0.15, -0.1) is 0 Å². The van der Waals surface area contributed by atoms with Gasteiger partial charge in [0.15, 0.2) is 5.69 Å². The van der Waals surface area contributed by atoms with Crippen LogP contribution in [0.5, 0.6) is 0 Å². The highest BCUT2D eigenvalue weighted by molar-refractivity contribution is 6.04. The zero-order chi connectivity index (χ0) is 17.1. The molecule has 2 amide bonds. The highest BCUT2D eigenvalue weighted by atomic mass is 16.5. The lowest BCUT2D eigenvalue weighted by molar-refractivity contribution is 0.0924. The van der Waals surface area contributed by atoms with E-state index >= 15 is 0 Å². The van der Waals surface area contributed by atoms with Crippen molar-refractivity contribution in [2.24, 2.45) is 0 Å². The summed E-state index contributed by atoms with van der Waals surface area (Å²) in [6, 6.07) is 7.39. The quantitative estimate of drug-likeness (QED) is 0.612. The molecular formula is C16H17N5O3. The number of para-hydroxylation sites is 1.